The number of benzene rings is 1. The standard InChI is InChI=1S/C20H20N4O3/c1-14-12-23-19(15-6-8-21-9-7-15)24(14)11-10-22-20(25)18-13-26-16-4-2-3-5-17(16)27-18/h2-9,12,18H,10-11,13H2,1H3,(H,22,25). The summed E-state index contributed by atoms with van der Waals surface area (Å²) in [5.41, 5.74) is 2.02. The summed E-state index contributed by atoms with van der Waals surface area (Å²) in [6, 6.07) is 11.2. The predicted octanol–water partition coefficient (Wildman–Crippen LogP) is 2.21. The van der Waals surface area contributed by atoms with E-state index in [1.807, 2.05) is 43.5 Å². The fourth-order valence-corrected chi connectivity index (χ4v) is 3.03. The van der Waals surface area contributed by atoms with Gasteiger partial charge >= 0.3 is 0 Å². The first-order valence-electron chi connectivity index (χ1n) is 8.81. The first-order valence-corrected chi connectivity index (χ1v) is 8.81. The average Bonchev–Trinajstić information content (AvgIpc) is 3.08. The lowest BCUT2D eigenvalue weighted by atomic mass is 10.2. The third-order valence-corrected chi connectivity index (χ3v) is 4.43. The Labute approximate surface area is 157 Å². The molecule has 0 saturated carbocycles. The normalized spacial score (nSPS) is 15.4. The Balaban J connectivity index is 1.37. The first kappa shape index (κ1) is 17.1. The summed E-state index contributed by atoms with van der Waals surface area (Å²) < 4.78 is 13.4. The van der Waals surface area contributed by atoms with Crippen LogP contribution in [0.1, 0.15) is 5.69 Å². The fraction of sp³-hybridized carbons (Fsp3) is 0.250. The Morgan fingerprint density at radius 2 is 2.00 bits per heavy atom. The van der Waals surface area contributed by atoms with Crippen molar-refractivity contribution in [2.24, 2.45) is 0 Å². The van der Waals surface area contributed by atoms with Crippen molar-refractivity contribution in [3.63, 3.8) is 0 Å². The van der Waals surface area contributed by atoms with Gasteiger partial charge in [0, 0.05) is 42.9 Å². The molecule has 1 aliphatic heterocycles. The van der Waals surface area contributed by atoms with Crippen LogP contribution in [0, 0.1) is 6.92 Å². The van der Waals surface area contributed by atoms with Crippen LogP contribution >= 0.6 is 0 Å². The van der Waals surface area contributed by atoms with Gasteiger partial charge in [0.05, 0.1) is 0 Å². The number of pyridine rings is 1. The molecule has 1 unspecified atom stereocenters. The van der Waals surface area contributed by atoms with Gasteiger partial charge in [-0.3, -0.25) is 9.78 Å². The van der Waals surface area contributed by atoms with E-state index in [9.17, 15) is 4.79 Å². The highest BCUT2D eigenvalue weighted by molar-refractivity contribution is 5.81. The molecule has 3 aromatic rings. The molecule has 0 spiro atoms. The van der Waals surface area contributed by atoms with Crippen LogP contribution in [-0.4, -0.2) is 39.7 Å². The minimum atomic E-state index is -0.650. The summed E-state index contributed by atoms with van der Waals surface area (Å²) in [6.45, 7) is 3.28. The van der Waals surface area contributed by atoms with Crippen molar-refractivity contribution in [2.75, 3.05) is 13.2 Å². The number of hydrogen-bond donors (Lipinski definition) is 1. The molecule has 1 N–H and O–H groups in total. The van der Waals surface area contributed by atoms with Gasteiger partial charge in [-0.05, 0) is 31.2 Å². The van der Waals surface area contributed by atoms with Crippen LogP contribution in [0.15, 0.2) is 55.0 Å². The molecule has 0 bridgehead atoms. The van der Waals surface area contributed by atoms with Gasteiger partial charge in [0.25, 0.3) is 5.91 Å². The van der Waals surface area contributed by atoms with Crippen molar-refractivity contribution in [1.82, 2.24) is 19.9 Å². The number of nitrogens with one attached hydrogen (secondary N) is 1. The van der Waals surface area contributed by atoms with Crippen molar-refractivity contribution in [2.45, 2.75) is 19.6 Å². The first-order chi connectivity index (χ1) is 13.2. The number of amides is 1. The molecule has 0 saturated heterocycles. The largest absolute Gasteiger partial charge is 0.485 e. The summed E-state index contributed by atoms with van der Waals surface area (Å²) in [5.74, 6) is 1.93. The molecule has 27 heavy (non-hydrogen) atoms. The molecule has 7 heteroatoms. The van der Waals surface area contributed by atoms with Crippen molar-refractivity contribution < 1.29 is 14.3 Å². The molecule has 1 aliphatic rings. The number of hydrogen-bond acceptors (Lipinski definition) is 5. The number of imidazole rings is 1. The molecule has 138 valence electrons. The van der Waals surface area contributed by atoms with E-state index in [1.165, 1.54) is 0 Å². The van der Waals surface area contributed by atoms with Crippen molar-refractivity contribution in [3.05, 3.63) is 60.7 Å². The van der Waals surface area contributed by atoms with E-state index in [1.54, 1.807) is 18.5 Å². The Morgan fingerprint density at radius 3 is 2.81 bits per heavy atom. The third kappa shape index (κ3) is 3.62. The molecule has 0 fully saturated rings. The lowest BCUT2D eigenvalue weighted by molar-refractivity contribution is -0.130. The predicted molar refractivity (Wildman–Crippen MR) is 99.6 cm³/mol. The minimum Gasteiger partial charge on any atom is -0.485 e. The number of aromatic nitrogens is 3. The van der Waals surface area contributed by atoms with Crippen LogP contribution in [0.25, 0.3) is 11.4 Å². The summed E-state index contributed by atoms with van der Waals surface area (Å²) >= 11 is 0. The maximum absolute atomic E-state index is 12.4. The Kier molecular flexibility index (Phi) is 4.74. The van der Waals surface area contributed by atoms with Gasteiger partial charge in [-0.15, -0.1) is 0 Å². The van der Waals surface area contributed by atoms with Gasteiger partial charge in [0.2, 0.25) is 6.10 Å². The van der Waals surface area contributed by atoms with Crippen LogP contribution in [0.3, 0.4) is 0 Å². The maximum Gasteiger partial charge on any atom is 0.264 e. The monoisotopic (exact) mass is 364 g/mol. The van der Waals surface area contributed by atoms with Crippen LogP contribution in [0.2, 0.25) is 0 Å². The zero-order valence-corrected chi connectivity index (χ0v) is 15.0. The van der Waals surface area contributed by atoms with Crippen molar-refractivity contribution >= 4 is 5.91 Å². The van der Waals surface area contributed by atoms with E-state index in [4.69, 9.17) is 9.47 Å². The second-order valence-corrected chi connectivity index (χ2v) is 6.27. The molecule has 4 rings (SSSR count). The summed E-state index contributed by atoms with van der Waals surface area (Å²) in [4.78, 5) is 20.9. The van der Waals surface area contributed by atoms with E-state index < -0.39 is 6.10 Å². The number of para-hydroxylation sites is 2. The third-order valence-electron chi connectivity index (χ3n) is 4.43. The molecule has 0 aliphatic carbocycles. The summed E-state index contributed by atoms with van der Waals surface area (Å²) in [7, 11) is 0. The minimum absolute atomic E-state index is 0.187. The number of carbonyl (C=O) groups is 1. The van der Waals surface area contributed by atoms with Crippen LogP contribution in [0.5, 0.6) is 11.5 Å². The fourth-order valence-electron chi connectivity index (χ4n) is 3.03. The lowest BCUT2D eigenvalue weighted by Gasteiger charge is -2.25. The second kappa shape index (κ2) is 7.49. The number of nitrogens with zero attached hydrogens (tertiary/aromatic N) is 3. The molecule has 2 aromatic heterocycles. The van der Waals surface area contributed by atoms with E-state index in [0.717, 1.165) is 17.1 Å². The second-order valence-electron chi connectivity index (χ2n) is 6.27. The smallest absolute Gasteiger partial charge is 0.264 e. The van der Waals surface area contributed by atoms with E-state index in [-0.39, 0.29) is 12.5 Å². The zero-order valence-electron chi connectivity index (χ0n) is 15.0. The van der Waals surface area contributed by atoms with Gasteiger partial charge in [-0.2, -0.15) is 0 Å². The molecule has 1 atom stereocenters. The maximum atomic E-state index is 12.4. The molecular weight excluding hydrogens is 344 g/mol. The Bertz CT molecular complexity index is 939. The number of ether oxygens (including phenoxy) is 2. The van der Waals surface area contributed by atoms with Crippen molar-refractivity contribution in [1.29, 1.82) is 0 Å². The molecular formula is C20H20N4O3. The van der Waals surface area contributed by atoms with E-state index in [0.29, 0.717) is 24.6 Å². The quantitative estimate of drug-likeness (QED) is 0.751. The molecule has 7 nitrogen and oxygen atoms in total. The lowest BCUT2D eigenvalue weighted by Crippen LogP contribution is -2.44. The van der Waals surface area contributed by atoms with E-state index in [2.05, 4.69) is 19.9 Å². The van der Waals surface area contributed by atoms with Gasteiger partial charge in [0.15, 0.2) is 11.5 Å². The topological polar surface area (TPSA) is 78.3 Å². The highest BCUT2D eigenvalue weighted by atomic mass is 16.6. The summed E-state index contributed by atoms with van der Waals surface area (Å²) in [6.07, 6.45) is 4.66. The van der Waals surface area contributed by atoms with Crippen LogP contribution in [-0.2, 0) is 11.3 Å². The van der Waals surface area contributed by atoms with Gasteiger partial charge in [-0.1, -0.05) is 12.1 Å². The number of carbonyl (C=O) groups excluding carboxylic acids is 1. The number of rotatable bonds is 5. The van der Waals surface area contributed by atoms with Crippen LogP contribution < -0.4 is 14.8 Å². The Morgan fingerprint density at radius 1 is 1.22 bits per heavy atom. The average molecular weight is 364 g/mol. The van der Waals surface area contributed by atoms with Gasteiger partial charge in [0.1, 0.15) is 12.4 Å². The molecule has 0 radical (unpaired) electrons. The zero-order chi connectivity index (χ0) is 18.6. The number of aryl methyl sites for hydroxylation is 1. The van der Waals surface area contributed by atoms with Crippen LogP contribution in [0.4, 0.5) is 0 Å². The highest BCUT2D eigenvalue weighted by Gasteiger charge is 2.26. The number of fused-ring (bicyclic) bond motifs is 1. The van der Waals surface area contributed by atoms with Gasteiger partial charge < -0.3 is 19.4 Å². The van der Waals surface area contributed by atoms with Gasteiger partial charge in [-0.25, -0.2) is 4.98 Å². The summed E-state index contributed by atoms with van der Waals surface area (Å²) in [5, 5.41) is 2.92. The molecule has 3 heterocycles. The highest BCUT2D eigenvalue weighted by Crippen LogP contribution is 2.30. The SMILES string of the molecule is Cc1cnc(-c2ccncc2)n1CCNC(=O)C1COc2ccccc2O1. The van der Waals surface area contributed by atoms with Crippen molar-refractivity contribution in [3.8, 4) is 22.9 Å². The molecule has 1 amide bonds. The Hall–Kier alpha value is -3.35. The molecule has 1 aromatic carbocycles. The van der Waals surface area contributed by atoms with E-state index >= 15 is 0 Å².